The van der Waals surface area contributed by atoms with Gasteiger partial charge in [0.15, 0.2) is 0 Å². The summed E-state index contributed by atoms with van der Waals surface area (Å²) in [6.07, 6.45) is -0.270. The zero-order valence-electron chi connectivity index (χ0n) is 10.4. The largest absolute Gasteiger partial charge is 0.375 e. The highest BCUT2D eigenvalue weighted by atomic mass is 79.9. The second-order valence-corrected chi connectivity index (χ2v) is 5.13. The van der Waals surface area contributed by atoms with E-state index in [4.69, 9.17) is 10.5 Å². The van der Waals surface area contributed by atoms with E-state index >= 15 is 0 Å². The molecule has 0 aliphatic rings. The Kier molecular flexibility index (Phi) is 6.17. The number of hydrogen-bond donors (Lipinski definition) is 1. The van der Waals surface area contributed by atoms with Gasteiger partial charge in [0, 0.05) is 12.6 Å². The standard InChI is InChI=1S/C11H18BrF2N3O/c1-7(2)17-11(8(12)5-16-17)9(15)3-4-18-6-10(13)14/h5,7,9-10H,3-4,6,15H2,1-2H3. The number of ether oxygens (including phenoxy) is 1. The Morgan fingerprint density at radius 3 is 2.72 bits per heavy atom. The second kappa shape index (κ2) is 7.16. The predicted octanol–water partition coefficient (Wildman–Crippen LogP) is 2.90. The molecule has 0 aliphatic carbocycles. The molecule has 18 heavy (non-hydrogen) atoms. The number of alkyl halides is 2. The molecule has 1 atom stereocenters. The van der Waals surface area contributed by atoms with Crippen LogP contribution in [0.5, 0.6) is 0 Å². The van der Waals surface area contributed by atoms with Crippen molar-refractivity contribution in [1.82, 2.24) is 9.78 Å². The van der Waals surface area contributed by atoms with Crippen molar-refractivity contribution in [3.05, 3.63) is 16.4 Å². The van der Waals surface area contributed by atoms with E-state index in [9.17, 15) is 8.78 Å². The van der Waals surface area contributed by atoms with Gasteiger partial charge < -0.3 is 10.5 Å². The third-order valence-corrected chi connectivity index (χ3v) is 3.06. The van der Waals surface area contributed by atoms with Crippen molar-refractivity contribution in [3.63, 3.8) is 0 Å². The lowest BCUT2D eigenvalue weighted by Gasteiger charge is -2.17. The summed E-state index contributed by atoms with van der Waals surface area (Å²) in [6, 6.07) is -0.0960. The number of nitrogens with two attached hydrogens (primary N) is 1. The van der Waals surface area contributed by atoms with E-state index < -0.39 is 13.0 Å². The van der Waals surface area contributed by atoms with Crippen molar-refractivity contribution in [3.8, 4) is 0 Å². The number of rotatable bonds is 7. The minimum atomic E-state index is -2.44. The van der Waals surface area contributed by atoms with E-state index in [0.29, 0.717) is 6.42 Å². The molecule has 1 rings (SSSR count). The highest BCUT2D eigenvalue weighted by Crippen LogP contribution is 2.26. The summed E-state index contributed by atoms with van der Waals surface area (Å²) >= 11 is 3.39. The first-order valence-electron chi connectivity index (χ1n) is 5.77. The monoisotopic (exact) mass is 325 g/mol. The summed E-state index contributed by atoms with van der Waals surface area (Å²) in [5.41, 5.74) is 6.90. The molecule has 0 radical (unpaired) electrons. The number of aromatic nitrogens is 2. The molecular formula is C11H18BrF2N3O. The average Bonchev–Trinajstić information content (AvgIpc) is 2.66. The molecule has 104 valence electrons. The fourth-order valence-electron chi connectivity index (χ4n) is 1.63. The van der Waals surface area contributed by atoms with Crippen molar-refractivity contribution < 1.29 is 13.5 Å². The third-order valence-electron chi connectivity index (χ3n) is 2.44. The predicted molar refractivity (Wildman–Crippen MR) is 68.7 cm³/mol. The van der Waals surface area contributed by atoms with Gasteiger partial charge >= 0.3 is 0 Å². The molecule has 0 saturated carbocycles. The van der Waals surface area contributed by atoms with Gasteiger partial charge in [0.2, 0.25) is 0 Å². The van der Waals surface area contributed by atoms with Crippen LogP contribution < -0.4 is 5.73 Å². The van der Waals surface area contributed by atoms with Crippen LogP contribution >= 0.6 is 15.9 Å². The maximum absolute atomic E-state index is 11.9. The lowest BCUT2D eigenvalue weighted by atomic mass is 10.1. The first kappa shape index (κ1) is 15.5. The number of halogens is 3. The Morgan fingerprint density at radius 1 is 1.50 bits per heavy atom. The zero-order valence-corrected chi connectivity index (χ0v) is 12.0. The van der Waals surface area contributed by atoms with Crippen LogP contribution in [0.3, 0.4) is 0 Å². The molecule has 0 aromatic carbocycles. The van der Waals surface area contributed by atoms with Crippen LogP contribution in [-0.4, -0.2) is 29.4 Å². The fourth-order valence-corrected chi connectivity index (χ4v) is 2.20. The molecule has 0 spiro atoms. The Balaban J connectivity index is 2.55. The molecule has 2 N–H and O–H groups in total. The molecular weight excluding hydrogens is 308 g/mol. The van der Waals surface area contributed by atoms with Gasteiger partial charge in [-0.15, -0.1) is 0 Å². The Bertz CT molecular complexity index is 371. The van der Waals surface area contributed by atoms with E-state index in [1.54, 1.807) is 6.20 Å². The fraction of sp³-hybridized carbons (Fsp3) is 0.727. The van der Waals surface area contributed by atoms with Gasteiger partial charge in [-0.25, -0.2) is 8.78 Å². The van der Waals surface area contributed by atoms with Gasteiger partial charge in [-0.2, -0.15) is 5.10 Å². The van der Waals surface area contributed by atoms with Crippen molar-refractivity contribution in [2.24, 2.45) is 5.73 Å². The normalized spacial score (nSPS) is 13.6. The van der Waals surface area contributed by atoms with Gasteiger partial charge in [0.25, 0.3) is 6.43 Å². The Hall–Kier alpha value is -0.530. The average molecular weight is 326 g/mol. The number of nitrogens with zero attached hydrogens (tertiary/aromatic N) is 2. The summed E-state index contributed by atoms with van der Waals surface area (Å²) in [4.78, 5) is 0. The molecule has 0 aliphatic heterocycles. The third kappa shape index (κ3) is 4.29. The van der Waals surface area contributed by atoms with Gasteiger partial charge in [-0.3, -0.25) is 4.68 Å². The van der Waals surface area contributed by atoms with Crippen LogP contribution in [0.25, 0.3) is 0 Å². The topological polar surface area (TPSA) is 53.1 Å². The Labute approximate surface area is 114 Å². The SMILES string of the molecule is CC(C)n1ncc(Br)c1C(N)CCOCC(F)F. The second-order valence-electron chi connectivity index (χ2n) is 4.28. The van der Waals surface area contributed by atoms with Crippen LogP contribution in [0.1, 0.15) is 38.0 Å². The molecule has 0 bridgehead atoms. The molecule has 1 aromatic heterocycles. The number of hydrogen-bond acceptors (Lipinski definition) is 3. The lowest BCUT2D eigenvalue weighted by molar-refractivity contribution is 0.0150. The summed E-state index contributed by atoms with van der Waals surface area (Å²) in [7, 11) is 0. The van der Waals surface area contributed by atoms with E-state index in [1.807, 2.05) is 18.5 Å². The molecule has 1 unspecified atom stereocenters. The molecule has 4 nitrogen and oxygen atoms in total. The molecule has 7 heteroatoms. The van der Waals surface area contributed by atoms with Crippen LogP contribution in [0, 0.1) is 0 Å². The zero-order chi connectivity index (χ0) is 13.7. The molecule has 0 saturated heterocycles. The highest BCUT2D eigenvalue weighted by Gasteiger charge is 2.18. The van der Waals surface area contributed by atoms with Crippen LogP contribution in [0.4, 0.5) is 8.78 Å². The molecule has 0 fully saturated rings. The van der Waals surface area contributed by atoms with E-state index in [-0.39, 0.29) is 18.7 Å². The van der Waals surface area contributed by atoms with Crippen LogP contribution in [0.2, 0.25) is 0 Å². The summed E-state index contributed by atoms with van der Waals surface area (Å²) in [5.74, 6) is 0. The van der Waals surface area contributed by atoms with Crippen molar-refractivity contribution in [1.29, 1.82) is 0 Å². The minimum Gasteiger partial charge on any atom is -0.375 e. The first-order chi connectivity index (χ1) is 8.43. The van der Waals surface area contributed by atoms with Crippen molar-refractivity contribution in [2.45, 2.75) is 38.8 Å². The summed E-state index contributed by atoms with van der Waals surface area (Å²) in [5, 5.41) is 4.22. The quantitative estimate of drug-likeness (QED) is 0.784. The van der Waals surface area contributed by atoms with Gasteiger partial charge in [0.1, 0.15) is 6.61 Å². The first-order valence-corrected chi connectivity index (χ1v) is 6.57. The van der Waals surface area contributed by atoms with Crippen LogP contribution in [-0.2, 0) is 4.74 Å². The van der Waals surface area contributed by atoms with Crippen molar-refractivity contribution >= 4 is 15.9 Å². The molecule has 1 aromatic rings. The smallest absolute Gasteiger partial charge is 0.261 e. The highest BCUT2D eigenvalue weighted by molar-refractivity contribution is 9.10. The van der Waals surface area contributed by atoms with Crippen molar-refractivity contribution in [2.75, 3.05) is 13.2 Å². The molecule has 0 amide bonds. The van der Waals surface area contributed by atoms with Gasteiger partial charge in [0.05, 0.1) is 22.4 Å². The van der Waals surface area contributed by atoms with E-state index in [0.717, 1.165) is 10.2 Å². The van der Waals surface area contributed by atoms with E-state index in [1.165, 1.54) is 0 Å². The van der Waals surface area contributed by atoms with E-state index in [2.05, 4.69) is 21.0 Å². The van der Waals surface area contributed by atoms with Gasteiger partial charge in [-0.05, 0) is 36.2 Å². The Morgan fingerprint density at radius 2 is 2.17 bits per heavy atom. The maximum Gasteiger partial charge on any atom is 0.261 e. The van der Waals surface area contributed by atoms with Crippen LogP contribution in [0.15, 0.2) is 10.7 Å². The maximum atomic E-state index is 11.9. The summed E-state index contributed by atoms with van der Waals surface area (Å²) in [6.45, 7) is 3.67. The van der Waals surface area contributed by atoms with Gasteiger partial charge in [-0.1, -0.05) is 0 Å². The lowest BCUT2D eigenvalue weighted by Crippen LogP contribution is -2.20. The minimum absolute atomic E-state index is 0.194. The molecule has 1 heterocycles. The summed E-state index contributed by atoms with van der Waals surface area (Å²) < 4.78 is 31.3.